The first-order valence-electron chi connectivity index (χ1n) is 9.87. The van der Waals surface area contributed by atoms with Gasteiger partial charge in [-0.3, -0.25) is 4.79 Å². The van der Waals surface area contributed by atoms with E-state index in [0.717, 1.165) is 14.7 Å². The molecule has 2 aromatic rings. The Kier molecular flexibility index (Phi) is 8.02. The SMILES string of the molecule is CN(C)S(=O)(=O)N(CC(=O)NCCOc1ccc(C(C)(C)C)cc1)c1ccccc1F. The molecule has 0 aliphatic rings. The molecule has 0 radical (unpaired) electrons. The number of nitrogens with one attached hydrogen (secondary N) is 1. The number of hydrogen-bond acceptors (Lipinski definition) is 4. The molecule has 0 unspecified atom stereocenters. The van der Waals surface area contributed by atoms with Gasteiger partial charge in [0.15, 0.2) is 0 Å². The summed E-state index contributed by atoms with van der Waals surface area (Å²) >= 11 is 0. The van der Waals surface area contributed by atoms with Gasteiger partial charge in [0.05, 0.1) is 12.2 Å². The van der Waals surface area contributed by atoms with Crippen LogP contribution in [0.2, 0.25) is 0 Å². The van der Waals surface area contributed by atoms with Crippen LogP contribution < -0.4 is 14.4 Å². The number of carbonyl (C=O) groups is 1. The minimum Gasteiger partial charge on any atom is -0.492 e. The Bertz CT molecular complexity index is 987. The Balaban J connectivity index is 1.95. The Morgan fingerprint density at radius 2 is 1.68 bits per heavy atom. The number of benzene rings is 2. The lowest BCUT2D eigenvalue weighted by Gasteiger charge is -2.27. The second-order valence-electron chi connectivity index (χ2n) is 8.22. The van der Waals surface area contributed by atoms with Gasteiger partial charge in [0.1, 0.15) is 24.7 Å². The van der Waals surface area contributed by atoms with Crippen molar-refractivity contribution >= 4 is 21.8 Å². The zero-order valence-electron chi connectivity index (χ0n) is 18.6. The number of hydrogen-bond donors (Lipinski definition) is 1. The first-order valence-corrected chi connectivity index (χ1v) is 11.3. The van der Waals surface area contributed by atoms with Gasteiger partial charge >= 0.3 is 10.2 Å². The van der Waals surface area contributed by atoms with Crippen LogP contribution in [0.3, 0.4) is 0 Å². The maximum Gasteiger partial charge on any atom is 0.304 e. The van der Waals surface area contributed by atoms with E-state index in [1.165, 1.54) is 37.9 Å². The van der Waals surface area contributed by atoms with Crippen LogP contribution in [0, 0.1) is 5.82 Å². The topological polar surface area (TPSA) is 79.0 Å². The number of rotatable bonds is 9. The van der Waals surface area contributed by atoms with Crippen molar-refractivity contribution in [2.24, 2.45) is 0 Å². The van der Waals surface area contributed by atoms with Crippen LogP contribution in [0.5, 0.6) is 5.75 Å². The van der Waals surface area contributed by atoms with Gasteiger partial charge in [0.2, 0.25) is 5.91 Å². The molecule has 0 heterocycles. The lowest BCUT2D eigenvalue weighted by atomic mass is 9.87. The molecule has 0 saturated carbocycles. The van der Waals surface area contributed by atoms with Gasteiger partial charge in [-0.15, -0.1) is 0 Å². The summed E-state index contributed by atoms with van der Waals surface area (Å²) in [5, 5.41) is 2.61. The fourth-order valence-corrected chi connectivity index (χ4v) is 3.81. The number of carbonyl (C=O) groups excluding carboxylic acids is 1. The maximum atomic E-state index is 14.2. The molecular weight excluding hydrogens is 421 g/mol. The Morgan fingerprint density at radius 1 is 1.06 bits per heavy atom. The minimum absolute atomic E-state index is 0.0451. The van der Waals surface area contributed by atoms with Gasteiger partial charge in [0, 0.05) is 14.1 Å². The largest absolute Gasteiger partial charge is 0.492 e. The van der Waals surface area contributed by atoms with Crippen LogP contribution in [0.4, 0.5) is 10.1 Å². The average molecular weight is 452 g/mol. The van der Waals surface area contributed by atoms with E-state index in [-0.39, 0.29) is 24.3 Å². The number of amides is 1. The fourth-order valence-electron chi connectivity index (χ4n) is 2.74. The lowest BCUT2D eigenvalue weighted by molar-refractivity contribution is -0.119. The molecule has 7 nitrogen and oxygen atoms in total. The van der Waals surface area contributed by atoms with E-state index in [2.05, 4.69) is 26.1 Å². The summed E-state index contributed by atoms with van der Waals surface area (Å²) < 4.78 is 46.7. The van der Waals surface area contributed by atoms with E-state index < -0.39 is 28.5 Å². The summed E-state index contributed by atoms with van der Waals surface area (Å²) in [5.74, 6) is -0.631. The highest BCUT2D eigenvalue weighted by molar-refractivity contribution is 7.90. The van der Waals surface area contributed by atoms with Gasteiger partial charge in [-0.1, -0.05) is 45.0 Å². The van der Waals surface area contributed by atoms with Crippen LogP contribution >= 0.6 is 0 Å². The number of anilines is 1. The predicted molar refractivity (Wildman–Crippen MR) is 120 cm³/mol. The van der Waals surface area contributed by atoms with Crippen LogP contribution in [0.15, 0.2) is 48.5 Å². The smallest absolute Gasteiger partial charge is 0.304 e. The van der Waals surface area contributed by atoms with Crippen LogP contribution in [0.25, 0.3) is 0 Å². The van der Waals surface area contributed by atoms with Gasteiger partial charge in [0.25, 0.3) is 0 Å². The summed E-state index contributed by atoms with van der Waals surface area (Å²) in [7, 11) is -1.43. The molecule has 0 saturated heterocycles. The molecular formula is C22H30FN3O4S. The normalized spacial score (nSPS) is 12.0. The molecule has 170 valence electrons. The number of nitrogens with zero attached hydrogens (tertiary/aromatic N) is 2. The molecule has 9 heteroatoms. The Morgan fingerprint density at radius 3 is 2.23 bits per heavy atom. The second-order valence-corrected chi connectivity index (χ2v) is 10.3. The van der Waals surface area contributed by atoms with Gasteiger partial charge in [-0.25, -0.2) is 8.70 Å². The van der Waals surface area contributed by atoms with Crippen molar-refractivity contribution in [3.8, 4) is 5.75 Å². The van der Waals surface area contributed by atoms with Crippen molar-refractivity contribution in [1.82, 2.24) is 9.62 Å². The highest BCUT2D eigenvalue weighted by Gasteiger charge is 2.29. The Hall–Kier alpha value is -2.65. The quantitative estimate of drug-likeness (QED) is 0.595. The standard InChI is InChI=1S/C22H30FN3O4S/c1-22(2,3)17-10-12-18(13-11-17)30-15-14-24-21(27)16-26(31(28,29)25(4)5)20-9-7-6-8-19(20)23/h6-13H,14-16H2,1-5H3,(H,24,27). The second kappa shape index (κ2) is 10.1. The third-order valence-electron chi connectivity index (χ3n) is 4.56. The van der Waals surface area contributed by atoms with E-state index >= 15 is 0 Å². The molecule has 0 bridgehead atoms. The summed E-state index contributed by atoms with van der Waals surface area (Å²) in [6, 6.07) is 13.1. The van der Waals surface area contributed by atoms with Crippen LogP contribution in [-0.2, 0) is 20.4 Å². The summed E-state index contributed by atoms with van der Waals surface area (Å²) in [4.78, 5) is 12.4. The molecule has 0 aliphatic heterocycles. The van der Waals surface area contributed by atoms with E-state index in [1.807, 2.05) is 24.3 Å². The van der Waals surface area contributed by atoms with Gasteiger partial charge in [-0.05, 0) is 35.2 Å². The molecule has 31 heavy (non-hydrogen) atoms. The zero-order valence-corrected chi connectivity index (χ0v) is 19.4. The van der Waals surface area contributed by atoms with Crippen molar-refractivity contribution in [3.63, 3.8) is 0 Å². The molecule has 0 aromatic heterocycles. The van der Waals surface area contributed by atoms with E-state index in [0.29, 0.717) is 5.75 Å². The van der Waals surface area contributed by atoms with Crippen molar-refractivity contribution in [3.05, 3.63) is 59.9 Å². The third-order valence-corrected chi connectivity index (χ3v) is 6.37. The molecule has 0 spiro atoms. The molecule has 0 fully saturated rings. The van der Waals surface area contributed by atoms with Crippen molar-refractivity contribution in [2.45, 2.75) is 26.2 Å². The molecule has 0 aliphatic carbocycles. The highest BCUT2D eigenvalue weighted by Crippen LogP contribution is 2.24. The van der Waals surface area contributed by atoms with Gasteiger partial charge < -0.3 is 10.1 Å². The lowest BCUT2D eigenvalue weighted by Crippen LogP contribution is -2.46. The number of ether oxygens (including phenoxy) is 1. The van der Waals surface area contributed by atoms with Crippen molar-refractivity contribution < 1.29 is 22.3 Å². The molecule has 2 rings (SSSR count). The van der Waals surface area contributed by atoms with Crippen LogP contribution in [0.1, 0.15) is 26.3 Å². The zero-order chi connectivity index (χ0) is 23.2. The first kappa shape index (κ1) is 24.6. The highest BCUT2D eigenvalue weighted by atomic mass is 32.2. The summed E-state index contributed by atoms with van der Waals surface area (Å²) in [5.41, 5.74) is 1.04. The predicted octanol–water partition coefficient (Wildman–Crippen LogP) is 2.93. The average Bonchev–Trinajstić information content (AvgIpc) is 2.69. The van der Waals surface area contributed by atoms with E-state index in [1.54, 1.807) is 0 Å². The molecule has 0 atom stereocenters. The first-order chi connectivity index (χ1) is 14.4. The van der Waals surface area contributed by atoms with Crippen molar-refractivity contribution in [1.29, 1.82) is 0 Å². The third kappa shape index (κ3) is 6.67. The van der Waals surface area contributed by atoms with Gasteiger partial charge in [-0.2, -0.15) is 12.7 Å². The Labute approximate surface area is 184 Å². The summed E-state index contributed by atoms with van der Waals surface area (Å²) in [6.07, 6.45) is 0. The van der Waals surface area contributed by atoms with E-state index in [9.17, 15) is 17.6 Å². The monoisotopic (exact) mass is 451 g/mol. The number of para-hydroxylation sites is 1. The summed E-state index contributed by atoms with van der Waals surface area (Å²) in [6.45, 7) is 6.20. The maximum absolute atomic E-state index is 14.2. The minimum atomic E-state index is -4.06. The van der Waals surface area contributed by atoms with Crippen LogP contribution in [-0.4, -0.2) is 52.4 Å². The fraction of sp³-hybridized carbons (Fsp3) is 0.409. The van der Waals surface area contributed by atoms with Crippen molar-refractivity contribution in [2.75, 3.05) is 38.1 Å². The molecule has 2 aromatic carbocycles. The van der Waals surface area contributed by atoms with E-state index in [4.69, 9.17) is 4.74 Å². The molecule has 1 N–H and O–H groups in total. The molecule has 1 amide bonds. The number of halogens is 1.